The zero-order valence-electron chi connectivity index (χ0n) is 13.3. The zero-order valence-corrected chi connectivity index (χ0v) is 13.3. The van der Waals surface area contributed by atoms with Gasteiger partial charge in [-0.2, -0.15) is 10.2 Å². The number of H-pyrrole nitrogens is 1. The fourth-order valence-electron chi connectivity index (χ4n) is 3.11. The number of nitrogens with zero attached hydrogens (tertiary/aromatic N) is 5. The van der Waals surface area contributed by atoms with Gasteiger partial charge in [0.2, 0.25) is 0 Å². The SMILES string of the molecule is CC(C)c1cc(C(=O)N2CCCCC2c2ncn[nH]2)nn1C. The van der Waals surface area contributed by atoms with E-state index in [1.807, 2.05) is 18.0 Å². The van der Waals surface area contributed by atoms with Crippen LogP contribution in [0.3, 0.4) is 0 Å². The Bertz CT molecular complexity index is 645. The number of carbonyl (C=O) groups is 1. The molecule has 0 bridgehead atoms. The smallest absolute Gasteiger partial charge is 0.274 e. The fraction of sp³-hybridized carbons (Fsp3) is 0.600. The molecular formula is C15H22N6O. The van der Waals surface area contributed by atoms with Crippen LogP contribution in [0.5, 0.6) is 0 Å². The van der Waals surface area contributed by atoms with Gasteiger partial charge in [-0.25, -0.2) is 4.98 Å². The third-order valence-corrected chi connectivity index (χ3v) is 4.24. The van der Waals surface area contributed by atoms with Crippen molar-refractivity contribution in [3.05, 3.63) is 29.6 Å². The Balaban J connectivity index is 1.87. The summed E-state index contributed by atoms with van der Waals surface area (Å²) in [6.07, 6.45) is 4.50. The number of nitrogens with one attached hydrogen (secondary N) is 1. The van der Waals surface area contributed by atoms with Crippen molar-refractivity contribution in [2.24, 2.45) is 7.05 Å². The predicted molar refractivity (Wildman–Crippen MR) is 81.3 cm³/mol. The molecule has 0 aliphatic carbocycles. The van der Waals surface area contributed by atoms with Gasteiger partial charge in [0, 0.05) is 19.3 Å². The van der Waals surface area contributed by atoms with Crippen molar-refractivity contribution in [2.75, 3.05) is 6.54 Å². The summed E-state index contributed by atoms with van der Waals surface area (Å²) in [4.78, 5) is 19.0. The molecule has 0 saturated carbocycles. The highest BCUT2D eigenvalue weighted by molar-refractivity contribution is 5.92. The lowest BCUT2D eigenvalue weighted by atomic mass is 10.0. The number of aryl methyl sites for hydroxylation is 1. The van der Waals surface area contributed by atoms with E-state index in [1.165, 1.54) is 6.33 Å². The van der Waals surface area contributed by atoms with Crippen LogP contribution >= 0.6 is 0 Å². The minimum atomic E-state index is -0.0340. The first-order valence-electron chi connectivity index (χ1n) is 7.78. The van der Waals surface area contributed by atoms with Crippen LogP contribution in [0.25, 0.3) is 0 Å². The van der Waals surface area contributed by atoms with Crippen LogP contribution in [0.1, 0.15) is 67.1 Å². The van der Waals surface area contributed by atoms with Gasteiger partial charge in [0.1, 0.15) is 12.2 Å². The molecule has 2 aromatic rings. The van der Waals surface area contributed by atoms with Gasteiger partial charge in [0.15, 0.2) is 5.69 Å². The normalized spacial score (nSPS) is 18.9. The molecule has 118 valence electrons. The van der Waals surface area contributed by atoms with E-state index < -0.39 is 0 Å². The lowest BCUT2D eigenvalue weighted by molar-refractivity contribution is 0.0593. The molecule has 3 heterocycles. The highest BCUT2D eigenvalue weighted by Crippen LogP contribution is 2.30. The molecule has 7 nitrogen and oxygen atoms in total. The molecule has 3 rings (SSSR count). The van der Waals surface area contributed by atoms with Crippen molar-refractivity contribution >= 4 is 5.91 Å². The lowest BCUT2D eigenvalue weighted by Crippen LogP contribution is -2.39. The summed E-state index contributed by atoms with van der Waals surface area (Å²) >= 11 is 0. The third kappa shape index (κ3) is 2.63. The molecule has 1 unspecified atom stereocenters. The molecule has 1 atom stereocenters. The molecule has 1 N–H and O–H groups in total. The minimum Gasteiger partial charge on any atom is -0.327 e. The van der Waals surface area contributed by atoms with Crippen LogP contribution in [0, 0.1) is 0 Å². The van der Waals surface area contributed by atoms with Crippen molar-refractivity contribution in [3.8, 4) is 0 Å². The van der Waals surface area contributed by atoms with E-state index >= 15 is 0 Å². The Morgan fingerprint density at radius 3 is 2.86 bits per heavy atom. The first-order valence-corrected chi connectivity index (χ1v) is 7.78. The van der Waals surface area contributed by atoms with Gasteiger partial charge in [0.05, 0.1) is 6.04 Å². The summed E-state index contributed by atoms with van der Waals surface area (Å²) in [6.45, 7) is 4.94. The second kappa shape index (κ2) is 5.90. The van der Waals surface area contributed by atoms with Gasteiger partial charge in [-0.15, -0.1) is 0 Å². The monoisotopic (exact) mass is 302 g/mol. The molecule has 0 radical (unpaired) electrons. The summed E-state index contributed by atoms with van der Waals surface area (Å²) in [5.41, 5.74) is 1.58. The largest absolute Gasteiger partial charge is 0.327 e. The molecule has 0 spiro atoms. The van der Waals surface area contributed by atoms with Crippen LogP contribution in [0.15, 0.2) is 12.4 Å². The van der Waals surface area contributed by atoms with Gasteiger partial charge in [0.25, 0.3) is 5.91 Å². The van der Waals surface area contributed by atoms with E-state index in [4.69, 9.17) is 0 Å². The van der Waals surface area contributed by atoms with Crippen LogP contribution in [0.2, 0.25) is 0 Å². The van der Waals surface area contributed by atoms with Gasteiger partial charge in [-0.05, 0) is 31.2 Å². The maximum absolute atomic E-state index is 12.9. The van der Waals surface area contributed by atoms with Crippen LogP contribution in [-0.2, 0) is 7.05 Å². The van der Waals surface area contributed by atoms with E-state index in [0.29, 0.717) is 11.6 Å². The Labute approximate surface area is 129 Å². The molecule has 1 amide bonds. The van der Waals surface area contributed by atoms with Gasteiger partial charge in [-0.1, -0.05) is 13.8 Å². The van der Waals surface area contributed by atoms with Crippen molar-refractivity contribution < 1.29 is 4.79 Å². The third-order valence-electron chi connectivity index (χ3n) is 4.24. The molecular weight excluding hydrogens is 280 g/mol. The Hall–Kier alpha value is -2.18. The summed E-state index contributed by atoms with van der Waals surface area (Å²) in [7, 11) is 1.89. The maximum Gasteiger partial charge on any atom is 0.274 e. The summed E-state index contributed by atoms with van der Waals surface area (Å²) in [5.74, 6) is 1.07. The van der Waals surface area contributed by atoms with Crippen LogP contribution in [-0.4, -0.2) is 42.3 Å². The molecule has 0 aromatic carbocycles. The number of hydrogen-bond donors (Lipinski definition) is 1. The van der Waals surface area contributed by atoms with Crippen molar-refractivity contribution in [2.45, 2.75) is 45.1 Å². The first kappa shape index (κ1) is 14.7. The molecule has 1 aliphatic rings. The first-order chi connectivity index (χ1) is 10.6. The van der Waals surface area contributed by atoms with E-state index in [-0.39, 0.29) is 11.9 Å². The quantitative estimate of drug-likeness (QED) is 0.940. The fourth-order valence-corrected chi connectivity index (χ4v) is 3.11. The van der Waals surface area contributed by atoms with Crippen molar-refractivity contribution in [1.82, 2.24) is 29.9 Å². The van der Waals surface area contributed by atoms with E-state index in [0.717, 1.165) is 37.3 Å². The van der Waals surface area contributed by atoms with Crippen LogP contribution < -0.4 is 0 Å². The predicted octanol–water partition coefficient (Wildman–Crippen LogP) is 2.03. The molecule has 1 saturated heterocycles. The van der Waals surface area contributed by atoms with E-state index in [9.17, 15) is 4.79 Å². The summed E-state index contributed by atoms with van der Waals surface area (Å²) in [6, 6.07) is 1.87. The van der Waals surface area contributed by atoms with Gasteiger partial charge < -0.3 is 4.90 Å². The topological polar surface area (TPSA) is 79.7 Å². The van der Waals surface area contributed by atoms with Crippen molar-refractivity contribution in [3.63, 3.8) is 0 Å². The minimum absolute atomic E-state index is 0.0244. The second-order valence-corrected chi connectivity index (χ2v) is 6.11. The number of amides is 1. The summed E-state index contributed by atoms with van der Waals surface area (Å²) in [5, 5.41) is 11.2. The second-order valence-electron chi connectivity index (χ2n) is 6.11. The number of hydrogen-bond acceptors (Lipinski definition) is 4. The molecule has 2 aromatic heterocycles. The number of piperidine rings is 1. The number of aromatic nitrogens is 5. The highest BCUT2D eigenvalue weighted by atomic mass is 16.2. The highest BCUT2D eigenvalue weighted by Gasteiger charge is 2.32. The molecule has 1 fully saturated rings. The maximum atomic E-state index is 12.9. The zero-order chi connectivity index (χ0) is 15.7. The Kier molecular flexibility index (Phi) is 3.96. The Morgan fingerprint density at radius 1 is 1.41 bits per heavy atom. The average molecular weight is 302 g/mol. The number of likely N-dealkylation sites (tertiary alicyclic amines) is 1. The number of rotatable bonds is 3. The van der Waals surface area contributed by atoms with E-state index in [1.54, 1.807) is 4.68 Å². The number of carbonyl (C=O) groups excluding carboxylic acids is 1. The van der Waals surface area contributed by atoms with Gasteiger partial charge in [-0.3, -0.25) is 14.6 Å². The molecule has 1 aliphatic heterocycles. The summed E-state index contributed by atoms with van der Waals surface area (Å²) < 4.78 is 1.80. The molecule has 7 heteroatoms. The van der Waals surface area contributed by atoms with Gasteiger partial charge >= 0.3 is 0 Å². The van der Waals surface area contributed by atoms with Crippen LogP contribution in [0.4, 0.5) is 0 Å². The molecule has 22 heavy (non-hydrogen) atoms. The van der Waals surface area contributed by atoms with E-state index in [2.05, 4.69) is 34.1 Å². The standard InChI is InChI=1S/C15H22N6O/c1-10(2)13-8-11(19-20(13)3)15(22)21-7-5-4-6-12(21)14-16-9-17-18-14/h8-10,12H,4-7H2,1-3H3,(H,16,17,18). The lowest BCUT2D eigenvalue weighted by Gasteiger charge is -2.33. The average Bonchev–Trinajstić information content (AvgIpc) is 3.15. The number of aromatic amines is 1. The van der Waals surface area contributed by atoms with Crippen molar-refractivity contribution in [1.29, 1.82) is 0 Å². The Morgan fingerprint density at radius 2 is 2.23 bits per heavy atom.